The number of rotatable bonds is 1. The maximum Gasteiger partial charge on any atom is 0.115 e. The number of likely N-dealkylation sites (tertiary alicyclic amines) is 2. The molecule has 2 saturated heterocycles. The van der Waals surface area contributed by atoms with Crippen LogP contribution in [0.25, 0.3) is 0 Å². The lowest BCUT2D eigenvalue weighted by molar-refractivity contribution is 0.0352. The molecule has 3 heteroatoms. The van der Waals surface area contributed by atoms with Crippen molar-refractivity contribution in [3.8, 4) is 0 Å². The van der Waals surface area contributed by atoms with Gasteiger partial charge in [-0.2, -0.15) is 0 Å². The van der Waals surface area contributed by atoms with Gasteiger partial charge in [-0.3, -0.25) is 4.90 Å². The number of hydrogen-bond acceptors (Lipinski definition) is 2. The van der Waals surface area contributed by atoms with E-state index < -0.39 is 6.17 Å². The predicted molar refractivity (Wildman–Crippen MR) is 60.8 cm³/mol. The second-order valence-electron chi connectivity index (χ2n) is 5.34. The Labute approximate surface area is 92.4 Å². The Morgan fingerprint density at radius 2 is 1.93 bits per heavy atom. The minimum absolute atomic E-state index is 0.266. The lowest BCUT2D eigenvalue weighted by Crippen LogP contribution is -2.52. The molecule has 2 nitrogen and oxygen atoms in total. The molecule has 88 valence electrons. The first-order valence-electron chi connectivity index (χ1n) is 6.23. The van der Waals surface area contributed by atoms with E-state index in [1.807, 2.05) is 6.92 Å². The SMILES string of the molecule is C[C@@H]1CCN(C2CCCN(C)C2)C[C@H]1F. The molecule has 15 heavy (non-hydrogen) atoms. The Balaban J connectivity index is 1.87. The molecule has 0 aromatic carbocycles. The molecule has 0 spiro atoms. The van der Waals surface area contributed by atoms with Gasteiger partial charge >= 0.3 is 0 Å². The second kappa shape index (κ2) is 4.79. The Hall–Kier alpha value is -0.150. The summed E-state index contributed by atoms with van der Waals surface area (Å²) in [6.45, 7) is 6.13. The molecule has 2 aliphatic rings. The van der Waals surface area contributed by atoms with Gasteiger partial charge in [0.2, 0.25) is 0 Å². The van der Waals surface area contributed by atoms with Crippen molar-refractivity contribution in [2.45, 2.75) is 38.4 Å². The highest BCUT2D eigenvalue weighted by Crippen LogP contribution is 2.24. The van der Waals surface area contributed by atoms with Crippen LogP contribution in [0.1, 0.15) is 26.2 Å². The fourth-order valence-corrected chi connectivity index (χ4v) is 2.81. The standard InChI is InChI=1S/C12H23FN2/c1-10-5-7-15(9-12(10)13)11-4-3-6-14(2)8-11/h10-12H,3-9H2,1-2H3/t10-,11?,12-/m1/s1. The molecule has 2 heterocycles. The highest BCUT2D eigenvalue weighted by molar-refractivity contribution is 4.85. The molecule has 0 N–H and O–H groups in total. The topological polar surface area (TPSA) is 6.48 Å². The van der Waals surface area contributed by atoms with Crippen molar-refractivity contribution in [1.82, 2.24) is 9.80 Å². The van der Waals surface area contributed by atoms with Crippen LogP contribution >= 0.6 is 0 Å². The van der Waals surface area contributed by atoms with Gasteiger partial charge in [-0.1, -0.05) is 6.92 Å². The maximum atomic E-state index is 13.6. The van der Waals surface area contributed by atoms with Gasteiger partial charge in [0.25, 0.3) is 0 Å². The summed E-state index contributed by atoms with van der Waals surface area (Å²) in [5.41, 5.74) is 0. The smallest absolute Gasteiger partial charge is 0.115 e. The normalized spacial score (nSPS) is 40.6. The summed E-state index contributed by atoms with van der Waals surface area (Å²) in [6, 6.07) is 0.606. The van der Waals surface area contributed by atoms with Gasteiger partial charge in [-0.15, -0.1) is 0 Å². The van der Waals surface area contributed by atoms with E-state index in [1.54, 1.807) is 0 Å². The Morgan fingerprint density at radius 3 is 2.60 bits per heavy atom. The van der Waals surface area contributed by atoms with E-state index in [9.17, 15) is 4.39 Å². The number of piperidine rings is 2. The molecule has 0 amide bonds. The Bertz CT molecular complexity index is 210. The van der Waals surface area contributed by atoms with E-state index in [0.29, 0.717) is 12.6 Å². The third kappa shape index (κ3) is 2.70. The van der Waals surface area contributed by atoms with Crippen LogP contribution in [0.4, 0.5) is 4.39 Å². The molecule has 0 radical (unpaired) electrons. The van der Waals surface area contributed by atoms with E-state index in [4.69, 9.17) is 0 Å². The summed E-state index contributed by atoms with van der Waals surface area (Å²) < 4.78 is 13.6. The number of likely N-dealkylation sites (N-methyl/N-ethyl adjacent to an activating group) is 1. The summed E-state index contributed by atoms with van der Waals surface area (Å²) in [7, 11) is 2.17. The molecule has 2 aliphatic heterocycles. The quantitative estimate of drug-likeness (QED) is 0.656. The molecular weight excluding hydrogens is 191 g/mol. The number of hydrogen-bond donors (Lipinski definition) is 0. The van der Waals surface area contributed by atoms with Gasteiger partial charge in [-0.25, -0.2) is 4.39 Å². The summed E-state index contributed by atoms with van der Waals surface area (Å²) in [6.07, 6.45) is 2.95. The average molecular weight is 214 g/mol. The average Bonchev–Trinajstić information content (AvgIpc) is 2.22. The highest BCUT2D eigenvalue weighted by Gasteiger charge is 2.31. The summed E-state index contributed by atoms with van der Waals surface area (Å²) in [4.78, 5) is 4.75. The van der Waals surface area contributed by atoms with Crippen LogP contribution in [0.5, 0.6) is 0 Å². The van der Waals surface area contributed by atoms with Crippen molar-refractivity contribution in [2.75, 3.05) is 33.2 Å². The van der Waals surface area contributed by atoms with Crippen LogP contribution in [0, 0.1) is 5.92 Å². The molecule has 1 unspecified atom stereocenters. The maximum absolute atomic E-state index is 13.6. The molecule has 0 saturated carbocycles. The minimum atomic E-state index is -0.606. The predicted octanol–water partition coefficient (Wildman–Crippen LogP) is 1.76. The third-order valence-electron chi connectivity index (χ3n) is 4.01. The summed E-state index contributed by atoms with van der Waals surface area (Å²) in [5, 5.41) is 0. The van der Waals surface area contributed by atoms with Crippen LogP contribution in [0.15, 0.2) is 0 Å². The van der Waals surface area contributed by atoms with Crippen LogP contribution in [-0.2, 0) is 0 Å². The first-order valence-corrected chi connectivity index (χ1v) is 6.23. The number of halogens is 1. The van der Waals surface area contributed by atoms with Crippen molar-refractivity contribution in [2.24, 2.45) is 5.92 Å². The van der Waals surface area contributed by atoms with E-state index in [1.165, 1.54) is 19.4 Å². The monoisotopic (exact) mass is 214 g/mol. The zero-order valence-electron chi connectivity index (χ0n) is 9.95. The summed E-state index contributed by atoms with van der Waals surface area (Å²) in [5.74, 6) is 0.266. The number of alkyl halides is 1. The van der Waals surface area contributed by atoms with Gasteiger partial charge in [0.05, 0.1) is 0 Å². The van der Waals surface area contributed by atoms with E-state index in [2.05, 4.69) is 16.8 Å². The molecule has 2 fully saturated rings. The van der Waals surface area contributed by atoms with Crippen LogP contribution in [0.2, 0.25) is 0 Å². The fraction of sp³-hybridized carbons (Fsp3) is 1.00. The molecule has 3 atom stereocenters. The lowest BCUT2D eigenvalue weighted by Gasteiger charge is -2.42. The molecule has 0 aromatic heterocycles. The molecule has 0 bridgehead atoms. The first-order chi connectivity index (χ1) is 7.16. The fourth-order valence-electron chi connectivity index (χ4n) is 2.81. The van der Waals surface area contributed by atoms with Gasteiger partial charge in [-0.05, 0) is 45.3 Å². The molecule has 2 rings (SSSR count). The zero-order valence-corrected chi connectivity index (χ0v) is 9.95. The zero-order chi connectivity index (χ0) is 10.8. The highest BCUT2D eigenvalue weighted by atomic mass is 19.1. The van der Waals surface area contributed by atoms with Crippen LogP contribution in [0.3, 0.4) is 0 Å². The summed E-state index contributed by atoms with van der Waals surface area (Å²) >= 11 is 0. The third-order valence-corrected chi connectivity index (χ3v) is 4.01. The second-order valence-corrected chi connectivity index (χ2v) is 5.34. The van der Waals surface area contributed by atoms with Gasteiger partial charge < -0.3 is 4.90 Å². The van der Waals surface area contributed by atoms with Gasteiger partial charge in [0, 0.05) is 19.1 Å². The van der Waals surface area contributed by atoms with E-state index in [0.717, 1.165) is 19.5 Å². The van der Waals surface area contributed by atoms with E-state index in [-0.39, 0.29) is 5.92 Å². The van der Waals surface area contributed by atoms with Crippen molar-refractivity contribution in [3.05, 3.63) is 0 Å². The molecule has 0 aliphatic carbocycles. The van der Waals surface area contributed by atoms with Crippen molar-refractivity contribution in [3.63, 3.8) is 0 Å². The Morgan fingerprint density at radius 1 is 1.13 bits per heavy atom. The van der Waals surface area contributed by atoms with Crippen molar-refractivity contribution in [1.29, 1.82) is 0 Å². The molecular formula is C12H23FN2. The minimum Gasteiger partial charge on any atom is -0.305 e. The lowest BCUT2D eigenvalue weighted by atomic mass is 9.94. The first kappa shape index (κ1) is 11.3. The van der Waals surface area contributed by atoms with Crippen molar-refractivity contribution < 1.29 is 4.39 Å². The Kier molecular flexibility index (Phi) is 3.62. The van der Waals surface area contributed by atoms with Crippen LogP contribution < -0.4 is 0 Å². The van der Waals surface area contributed by atoms with Crippen molar-refractivity contribution >= 4 is 0 Å². The largest absolute Gasteiger partial charge is 0.305 e. The van der Waals surface area contributed by atoms with Crippen LogP contribution in [-0.4, -0.2) is 55.2 Å². The van der Waals surface area contributed by atoms with E-state index >= 15 is 0 Å². The van der Waals surface area contributed by atoms with Gasteiger partial charge in [0.1, 0.15) is 6.17 Å². The molecule has 0 aromatic rings. The number of nitrogens with zero attached hydrogens (tertiary/aromatic N) is 2. The van der Waals surface area contributed by atoms with Gasteiger partial charge in [0.15, 0.2) is 0 Å².